The number of hydrogen-bond acceptors (Lipinski definition) is 7. The lowest BCUT2D eigenvalue weighted by Crippen LogP contribution is -2.34. The molecule has 10 heteroatoms. The molecule has 0 aromatic carbocycles. The Labute approximate surface area is 187 Å². The van der Waals surface area contributed by atoms with E-state index in [4.69, 9.17) is 4.74 Å². The van der Waals surface area contributed by atoms with Crippen molar-refractivity contribution < 1.29 is 14.3 Å². The normalized spacial score (nSPS) is 14.1. The first-order valence-electron chi connectivity index (χ1n) is 10.9. The first kappa shape index (κ1) is 23.4. The van der Waals surface area contributed by atoms with E-state index >= 15 is 0 Å². The van der Waals surface area contributed by atoms with Gasteiger partial charge in [0.15, 0.2) is 5.13 Å². The van der Waals surface area contributed by atoms with Gasteiger partial charge in [0, 0.05) is 39.1 Å². The second-order valence-electron chi connectivity index (χ2n) is 7.61. The van der Waals surface area contributed by atoms with Crippen molar-refractivity contribution in [1.29, 1.82) is 0 Å². The van der Waals surface area contributed by atoms with Crippen LogP contribution in [0.3, 0.4) is 0 Å². The fraction of sp³-hybridized carbons (Fsp3) is 0.619. The van der Waals surface area contributed by atoms with Gasteiger partial charge in [-0.15, -0.1) is 0 Å². The molecule has 170 valence electrons. The fourth-order valence-corrected chi connectivity index (χ4v) is 4.45. The maximum absolute atomic E-state index is 12.7. The van der Waals surface area contributed by atoms with Crippen LogP contribution in [-0.4, -0.2) is 77.7 Å². The van der Waals surface area contributed by atoms with Gasteiger partial charge in [0.25, 0.3) is 5.91 Å². The molecular formula is C21H32N6O3S. The lowest BCUT2D eigenvalue weighted by Gasteiger charge is -2.21. The molecule has 0 saturated carbocycles. The Morgan fingerprint density at radius 3 is 2.84 bits per heavy atom. The number of amides is 2. The molecule has 31 heavy (non-hydrogen) atoms. The highest BCUT2D eigenvalue weighted by atomic mass is 32.1. The quantitative estimate of drug-likeness (QED) is 0.471. The van der Waals surface area contributed by atoms with Crippen molar-refractivity contribution in [3.8, 4) is 0 Å². The van der Waals surface area contributed by atoms with E-state index in [0.29, 0.717) is 36.1 Å². The number of carbonyl (C=O) groups excluding carboxylic acids is 2. The zero-order valence-electron chi connectivity index (χ0n) is 18.2. The molecular weight excluding hydrogens is 416 g/mol. The molecule has 0 spiro atoms. The monoisotopic (exact) mass is 448 g/mol. The lowest BCUT2D eigenvalue weighted by atomic mass is 10.3. The first-order valence-corrected chi connectivity index (χ1v) is 11.7. The summed E-state index contributed by atoms with van der Waals surface area (Å²) in [6, 6.07) is 0. The summed E-state index contributed by atoms with van der Waals surface area (Å²) in [5.74, 6) is -0.180. The molecule has 1 fully saturated rings. The number of methoxy groups -OCH3 is 1. The molecule has 1 saturated heterocycles. The van der Waals surface area contributed by atoms with E-state index in [-0.39, 0.29) is 11.8 Å². The molecule has 0 aliphatic carbocycles. The maximum Gasteiger partial charge on any atom is 0.263 e. The van der Waals surface area contributed by atoms with Crippen molar-refractivity contribution in [3.05, 3.63) is 29.8 Å². The number of hydrogen-bond donors (Lipinski definition) is 1. The Hall–Kier alpha value is -2.30. The van der Waals surface area contributed by atoms with Crippen molar-refractivity contribution in [2.24, 2.45) is 0 Å². The zero-order chi connectivity index (χ0) is 21.9. The molecule has 2 amide bonds. The van der Waals surface area contributed by atoms with Crippen LogP contribution in [0, 0.1) is 0 Å². The van der Waals surface area contributed by atoms with Gasteiger partial charge in [-0.25, -0.2) is 9.97 Å². The topological polar surface area (TPSA) is 92.6 Å². The number of likely N-dealkylation sites (tertiary alicyclic amines) is 1. The van der Waals surface area contributed by atoms with Gasteiger partial charge in [0.2, 0.25) is 5.91 Å². The Morgan fingerprint density at radius 1 is 1.26 bits per heavy atom. The highest BCUT2D eigenvalue weighted by Crippen LogP contribution is 2.24. The van der Waals surface area contributed by atoms with Gasteiger partial charge in [-0.1, -0.05) is 11.3 Å². The number of rotatable bonds is 13. The van der Waals surface area contributed by atoms with Crippen molar-refractivity contribution in [2.45, 2.75) is 38.6 Å². The van der Waals surface area contributed by atoms with Crippen LogP contribution in [0.25, 0.3) is 0 Å². The summed E-state index contributed by atoms with van der Waals surface area (Å²) in [7, 11) is 1.59. The molecule has 1 aliphatic rings. The standard InChI is InChI=1S/C21H32N6O3S/c1-30-15-6-19(28)27(13-5-12-25-9-2-3-10-25)21-24-16-18(31-21)20(29)23-7-4-11-26-14-8-22-17-26/h8,14,16-17H,2-7,9-13,15H2,1H3,(H,23,29). The largest absolute Gasteiger partial charge is 0.384 e. The molecule has 0 radical (unpaired) electrons. The summed E-state index contributed by atoms with van der Waals surface area (Å²) in [6.45, 7) is 5.59. The zero-order valence-corrected chi connectivity index (χ0v) is 19.0. The van der Waals surface area contributed by atoms with Crippen LogP contribution in [-0.2, 0) is 16.1 Å². The van der Waals surface area contributed by atoms with Gasteiger partial charge in [-0.2, -0.15) is 0 Å². The van der Waals surface area contributed by atoms with Gasteiger partial charge in [-0.3, -0.25) is 14.5 Å². The van der Waals surface area contributed by atoms with E-state index in [0.717, 1.165) is 39.0 Å². The summed E-state index contributed by atoms with van der Waals surface area (Å²) in [4.78, 5) is 38.2. The summed E-state index contributed by atoms with van der Waals surface area (Å²) < 4.78 is 7.04. The maximum atomic E-state index is 12.7. The van der Waals surface area contributed by atoms with Gasteiger partial charge >= 0.3 is 0 Å². The third kappa shape index (κ3) is 7.41. The number of ether oxygens (including phenoxy) is 1. The summed E-state index contributed by atoms with van der Waals surface area (Å²) in [5, 5.41) is 3.50. The molecule has 0 atom stereocenters. The number of nitrogens with one attached hydrogen (secondary N) is 1. The predicted molar refractivity (Wildman–Crippen MR) is 120 cm³/mol. The van der Waals surface area contributed by atoms with E-state index in [9.17, 15) is 9.59 Å². The van der Waals surface area contributed by atoms with Crippen LogP contribution in [0.15, 0.2) is 24.9 Å². The van der Waals surface area contributed by atoms with E-state index in [2.05, 4.69) is 20.2 Å². The number of thiazole rings is 1. The van der Waals surface area contributed by atoms with Crippen LogP contribution in [0.1, 0.15) is 41.8 Å². The molecule has 1 aliphatic heterocycles. The van der Waals surface area contributed by atoms with Crippen LogP contribution in [0.4, 0.5) is 5.13 Å². The fourth-order valence-electron chi connectivity index (χ4n) is 3.57. The minimum Gasteiger partial charge on any atom is -0.384 e. The Balaban J connectivity index is 1.51. The number of aromatic nitrogens is 3. The molecule has 3 heterocycles. The molecule has 9 nitrogen and oxygen atoms in total. The van der Waals surface area contributed by atoms with Gasteiger partial charge in [-0.05, 0) is 45.3 Å². The number of imidazole rings is 1. The third-order valence-electron chi connectivity index (χ3n) is 5.26. The van der Waals surface area contributed by atoms with Gasteiger partial charge in [0.1, 0.15) is 4.88 Å². The molecule has 1 N–H and O–H groups in total. The summed E-state index contributed by atoms with van der Waals surface area (Å²) >= 11 is 1.26. The van der Waals surface area contributed by atoms with Crippen LogP contribution in [0.5, 0.6) is 0 Å². The van der Waals surface area contributed by atoms with E-state index in [1.165, 1.54) is 24.2 Å². The van der Waals surface area contributed by atoms with Gasteiger partial charge < -0.3 is 19.5 Å². The average molecular weight is 449 g/mol. The highest BCUT2D eigenvalue weighted by Gasteiger charge is 2.21. The van der Waals surface area contributed by atoms with Crippen molar-refractivity contribution in [2.75, 3.05) is 51.3 Å². The van der Waals surface area contributed by atoms with E-state index in [1.807, 2.05) is 10.8 Å². The summed E-state index contributed by atoms with van der Waals surface area (Å²) in [5.41, 5.74) is 0. The predicted octanol–water partition coefficient (Wildman–Crippen LogP) is 2.02. The Bertz CT molecular complexity index is 804. The number of aryl methyl sites for hydroxylation is 1. The second kappa shape index (κ2) is 12.5. The SMILES string of the molecule is COCCC(=O)N(CCCN1CCCC1)c1ncc(C(=O)NCCCn2ccnc2)s1. The second-order valence-corrected chi connectivity index (χ2v) is 8.62. The first-order chi connectivity index (χ1) is 15.2. The van der Waals surface area contributed by atoms with Crippen molar-refractivity contribution >= 4 is 28.3 Å². The lowest BCUT2D eigenvalue weighted by molar-refractivity contribution is -0.119. The smallest absolute Gasteiger partial charge is 0.263 e. The molecule has 3 rings (SSSR count). The third-order valence-corrected chi connectivity index (χ3v) is 6.28. The van der Waals surface area contributed by atoms with Crippen molar-refractivity contribution in [1.82, 2.24) is 24.8 Å². The molecule has 0 unspecified atom stereocenters. The molecule has 0 bridgehead atoms. The van der Waals surface area contributed by atoms with Crippen LogP contribution in [0.2, 0.25) is 0 Å². The minimum atomic E-state index is -0.157. The molecule has 2 aromatic heterocycles. The van der Waals surface area contributed by atoms with Crippen LogP contribution < -0.4 is 10.2 Å². The number of nitrogens with zero attached hydrogens (tertiary/aromatic N) is 5. The van der Waals surface area contributed by atoms with Gasteiger partial charge in [0.05, 0.1) is 25.6 Å². The Morgan fingerprint density at radius 2 is 2.10 bits per heavy atom. The van der Waals surface area contributed by atoms with Crippen molar-refractivity contribution in [3.63, 3.8) is 0 Å². The average Bonchev–Trinajstić information content (AvgIpc) is 3.55. The highest BCUT2D eigenvalue weighted by molar-refractivity contribution is 7.17. The Kier molecular flexibility index (Phi) is 9.44. The molecule has 2 aromatic rings. The van der Waals surface area contributed by atoms with Crippen LogP contribution >= 0.6 is 11.3 Å². The van der Waals surface area contributed by atoms with E-state index in [1.54, 1.807) is 30.7 Å². The number of anilines is 1. The minimum absolute atomic E-state index is 0.0232. The van der Waals surface area contributed by atoms with E-state index < -0.39 is 0 Å². The summed E-state index contributed by atoms with van der Waals surface area (Å²) in [6.07, 6.45) is 11.5. The number of carbonyl (C=O) groups is 2.